The molecule has 0 fully saturated rings. The Morgan fingerprint density at radius 2 is 0.769 bits per heavy atom. The highest BCUT2D eigenvalue weighted by molar-refractivity contribution is 5.84. The van der Waals surface area contributed by atoms with E-state index in [1.54, 1.807) is 0 Å². The first-order valence-corrected chi connectivity index (χ1v) is 7.77. The van der Waals surface area contributed by atoms with Crippen LogP contribution >= 0.6 is 0 Å². The number of aliphatic carboxylic acids is 1. The van der Waals surface area contributed by atoms with Crippen LogP contribution in [0.5, 0.6) is 0 Å². The van der Waals surface area contributed by atoms with Crippen molar-refractivity contribution in [3.05, 3.63) is 12.2 Å². The Kier molecular flexibility index (Phi) is 39.6. The van der Waals surface area contributed by atoms with Gasteiger partial charge in [0.1, 0.15) is 0 Å². The number of hydrogen-bond donors (Lipinski definition) is 9. The summed E-state index contributed by atoms with van der Waals surface area (Å²) in [5.41, 5.74) is 0.176. The van der Waals surface area contributed by atoms with E-state index in [9.17, 15) is 4.79 Å². The van der Waals surface area contributed by atoms with Crippen molar-refractivity contribution in [2.24, 2.45) is 0 Å². The molecule has 0 spiro atoms. The van der Waals surface area contributed by atoms with Gasteiger partial charge in [-0.25, -0.2) is 4.79 Å². The van der Waals surface area contributed by atoms with E-state index >= 15 is 0 Å². The molecule has 0 amide bonds. The number of rotatable bonds is 5. The van der Waals surface area contributed by atoms with E-state index in [0.717, 1.165) is 0 Å². The molecule has 162 valence electrons. The molecule has 0 saturated carbocycles. The first kappa shape index (κ1) is 35.9. The summed E-state index contributed by atoms with van der Waals surface area (Å²) in [4.78, 5) is 9.60. The van der Waals surface area contributed by atoms with Gasteiger partial charge in [-0.2, -0.15) is 0 Å². The molecule has 4 atom stereocenters. The lowest BCUT2D eigenvalue weighted by Crippen LogP contribution is -2.03. The zero-order chi connectivity index (χ0) is 22.3. The number of aliphatic hydroxyl groups excluding tert-OH is 8. The minimum atomic E-state index is -0.935. The molecule has 0 saturated heterocycles. The summed E-state index contributed by atoms with van der Waals surface area (Å²) in [5.74, 6) is -0.935. The average molecular weight is 390 g/mol. The van der Waals surface area contributed by atoms with Crippen LogP contribution in [0.25, 0.3) is 0 Å². The van der Waals surface area contributed by atoms with E-state index in [0.29, 0.717) is 0 Å². The van der Waals surface area contributed by atoms with Crippen LogP contribution in [-0.4, -0.2) is 103 Å². The molecule has 0 aromatic heterocycles. The summed E-state index contributed by atoms with van der Waals surface area (Å²) in [6.45, 7) is 10.2. The molecule has 0 radical (unpaired) electrons. The van der Waals surface area contributed by atoms with Crippen LogP contribution in [0.15, 0.2) is 12.2 Å². The minimum Gasteiger partial charge on any atom is -0.478 e. The summed E-state index contributed by atoms with van der Waals surface area (Å²) in [5, 5.41) is 71.9. The van der Waals surface area contributed by atoms with E-state index in [1.807, 2.05) is 0 Å². The lowest BCUT2D eigenvalue weighted by atomic mass is 10.4. The molecule has 0 bridgehead atoms. The van der Waals surface area contributed by atoms with Crippen molar-refractivity contribution >= 4 is 5.97 Å². The monoisotopic (exact) mass is 390 g/mol. The summed E-state index contributed by atoms with van der Waals surface area (Å²) >= 11 is 0. The molecule has 0 rings (SSSR count). The lowest BCUT2D eigenvalue weighted by molar-refractivity contribution is -0.132. The topological polar surface area (TPSA) is 199 Å². The summed E-state index contributed by atoms with van der Waals surface area (Å²) < 4.78 is 0. The SMILES string of the molecule is C=C(C)C(=O)O.CC(O)CO.CC(O)CO.CC(O)CO.CC(O)CO. The highest BCUT2D eigenvalue weighted by Gasteiger charge is 1.90. The molecule has 0 aliphatic heterocycles. The first-order chi connectivity index (χ1) is 11.7. The molecule has 10 nitrogen and oxygen atoms in total. The molecule has 0 heterocycles. The molecular weight excluding hydrogens is 352 g/mol. The number of carboxylic acid groups (broad SMARTS) is 1. The second kappa shape index (κ2) is 28.7. The predicted molar refractivity (Wildman–Crippen MR) is 97.5 cm³/mol. The van der Waals surface area contributed by atoms with Crippen LogP contribution in [0.2, 0.25) is 0 Å². The van der Waals surface area contributed by atoms with Crippen LogP contribution in [0, 0.1) is 0 Å². The van der Waals surface area contributed by atoms with Crippen LogP contribution in [0.4, 0.5) is 0 Å². The van der Waals surface area contributed by atoms with Gasteiger partial charge in [0.25, 0.3) is 0 Å². The molecule has 0 aromatic rings. The Morgan fingerprint density at radius 3 is 0.769 bits per heavy atom. The minimum absolute atomic E-state index is 0.139. The third-order valence-corrected chi connectivity index (χ3v) is 1.42. The Balaban J connectivity index is -0.0000000708. The van der Waals surface area contributed by atoms with Gasteiger partial charge in [0.15, 0.2) is 0 Å². The Labute approximate surface area is 155 Å². The summed E-state index contributed by atoms with van der Waals surface area (Å²) in [7, 11) is 0. The molecule has 9 N–H and O–H groups in total. The third kappa shape index (κ3) is 92.5. The standard InChI is InChI=1S/C4H6O2.4C3H8O2/c1-3(2)4(5)6;4*1-3(5)2-4/h1H2,2H3,(H,5,6);4*3-5H,2H2,1H3. The number of carboxylic acids is 1. The fourth-order valence-electron chi connectivity index (χ4n) is 0. The van der Waals surface area contributed by atoms with Crippen molar-refractivity contribution < 1.29 is 50.8 Å². The number of carbonyl (C=O) groups is 1. The van der Waals surface area contributed by atoms with E-state index in [2.05, 4.69) is 6.58 Å². The van der Waals surface area contributed by atoms with Gasteiger partial charge in [0.2, 0.25) is 0 Å². The van der Waals surface area contributed by atoms with Gasteiger partial charge in [-0.1, -0.05) is 6.58 Å². The van der Waals surface area contributed by atoms with E-state index in [1.165, 1.54) is 34.6 Å². The molecule has 0 aliphatic rings. The lowest BCUT2D eigenvalue weighted by Gasteiger charge is -1.90. The highest BCUT2D eigenvalue weighted by atomic mass is 16.4. The van der Waals surface area contributed by atoms with Crippen molar-refractivity contribution in [2.45, 2.75) is 59.0 Å². The van der Waals surface area contributed by atoms with Gasteiger partial charge in [0.05, 0.1) is 50.8 Å². The number of hydrogen-bond acceptors (Lipinski definition) is 9. The average Bonchev–Trinajstić information content (AvgIpc) is 2.56. The van der Waals surface area contributed by atoms with Crippen LogP contribution < -0.4 is 0 Å². The Morgan fingerprint density at radius 1 is 0.692 bits per heavy atom. The van der Waals surface area contributed by atoms with Crippen LogP contribution in [-0.2, 0) is 4.79 Å². The molecular formula is C16H38O10. The van der Waals surface area contributed by atoms with E-state index < -0.39 is 30.4 Å². The highest BCUT2D eigenvalue weighted by Crippen LogP contribution is 1.81. The van der Waals surface area contributed by atoms with Crippen LogP contribution in [0.1, 0.15) is 34.6 Å². The Bertz CT molecular complexity index is 234. The second-order valence-electron chi connectivity index (χ2n) is 5.21. The normalized spacial score (nSPS) is 13.3. The van der Waals surface area contributed by atoms with Crippen molar-refractivity contribution in [3.63, 3.8) is 0 Å². The second-order valence-corrected chi connectivity index (χ2v) is 5.21. The maximum atomic E-state index is 9.60. The van der Waals surface area contributed by atoms with Gasteiger partial charge in [-0.05, 0) is 34.6 Å². The van der Waals surface area contributed by atoms with E-state index in [-0.39, 0.29) is 32.0 Å². The van der Waals surface area contributed by atoms with Crippen LogP contribution in [0.3, 0.4) is 0 Å². The van der Waals surface area contributed by atoms with E-state index in [4.69, 9.17) is 46.0 Å². The molecule has 4 unspecified atom stereocenters. The molecule has 0 aromatic carbocycles. The van der Waals surface area contributed by atoms with Crippen molar-refractivity contribution in [1.29, 1.82) is 0 Å². The zero-order valence-corrected chi connectivity index (χ0v) is 16.3. The smallest absolute Gasteiger partial charge is 0.330 e. The Hall–Kier alpha value is -1.11. The quantitative estimate of drug-likeness (QED) is 0.238. The molecule has 26 heavy (non-hydrogen) atoms. The van der Waals surface area contributed by atoms with Crippen molar-refractivity contribution in [3.8, 4) is 0 Å². The maximum Gasteiger partial charge on any atom is 0.330 e. The number of aliphatic hydroxyl groups is 8. The molecule has 10 heteroatoms. The third-order valence-electron chi connectivity index (χ3n) is 1.42. The van der Waals surface area contributed by atoms with Gasteiger partial charge >= 0.3 is 5.97 Å². The summed E-state index contributed by atoms with van der Waals surface area (Å²) in [6.07, 6.45) is -2.24. The largest absolute Gasteiger partial charge is 0.478 e. The first-order valence-electron chi connectivity index (χ1n) is 7.77. The van der Waals surface area contributed by atoms with Gasteiger partial charge in [0, 0.05) is 5.57 Å². The van der Waals surface area contributed by atoms with Gasteiger partial charge in [-0.15, -0.1) is 0 Å². The van der Waals surface area contributed by atoms with Crippen molar-refractivity contribution in [1.82, 2.24) is 0 Å². The predicted octanol–water partition coefficient (Wildman–Crippen LogP) is -1.91. The fraction of sp³-hybridized carbons (Fsp3) is 0.812. The maximum absolute atomic E-state index is 9.60. The van der Waals surface area contributed by atoms with Crippen molar-refractivity contribution in [2.75, 3.05) is 26.4 Å². The summed E-state index contributed by atoms with van der Waals surface area (Å²) in [6, 6.07) is 0. The fourth-order valence-corrected chi connectivity index (χ4v) is 0. The molecule has 0 aliphatic carbocycles. The zero-order valence-electron chi connectivity index (χ0n) is 16.3. The van der Waals surface area contributed by atoms with Gasteiger partial charge < -0.3 is 46.0 Å². The van der Waals surface area contributed by atoms with Gasteiger partial charge in [-0.3, -0.25) is 0 Å².